The van der Waals surface area contributed by atoms with Crippen molar-refractivity contribution in [1.82, 2.24) is 15.5 Å². The minimum Gasteiger partial charge on any atom is -0.352 e. The van der Waals surface area contributed by atoms with Crippen molar-refractivity contribution in [2.45, 2.75) is 71.4 Å². The summed E-state index contributed by atoms with van der Waals surface area (Å²) in [6.07, 6.45) is 4.26. The highest BCUT2D eigenvalue weighted by Crippen LogP contribution is 2.33. The third kappa shape index (κ3) is 5.12. The normalized spacial score (nSPS) is 20.4. The third-order valence-electron chi connectivity index (χ3n) is 5.20. The Bertz CT molecular complexity index is 690. The molecular weight excluding hydrogens is 354 g/mol. The van der Waals surface area contributed by atoms with Crippen molar-refractivity contribution in [2.75, 3.05) is 6.54 Å². The van der Waals surface area contributed by atoms with Gasteiger partial charge in [-0.1, -0.05) is 70.4 Å². The summed E-state index contributed by atoms with van der Waals surface area (Å²) in [5.74, 6) is -0.0208. The van der Waals surface area contributed by atoms with Gasteiger partial charge in [0, 0.05) is 6.04 Å². The van der Waals surface area contributed by atoms with Crippen LogP contribution in [0.5, 0.6) is 0 Å². The molecule has 1 heterocycles. The molecule has 0 spiro atoms. The lowest BCUT2D eigenvalue weighted by Crippen LogP contribution is -2.46. The molecule has 0 unspecified atom stereocenters. The van der Waals surface area contributed by atoms with Crippen LogP contribution in [0.1, 0.15) is 65.4 Å². The lowest BCUT2D eigenvalue weighted by atomic mass is 9.85. The van der Waals surface area contributed by atoms with Crippen LogP contribution in [-0.2, 0) is 15.1 Å². The topological polar surface area (TPSA) is 78.5 Å². The lowest BCUT2D eigenvalue weighted by molar-refractivity contribution is -0.135. The van der Waals surface area contributed by atoms with Gasteiger partial charge in [0.25, 0.3) is 5.91 Å². The summed E-state index contributed by atoms with van der Waals surface area (Å²) in [7, 11) is 0. The first-order valence-corrected chi connectivity index (χ1v) is 10.3. The van der Waals surface area contributed by atoms with Crippen molar-refractivity contribution in [2.24, 2.45) is 5.92 Å². The maximum absolute atomic E-state index is 13.2. The fourth-order valence-electron chi connectivity index (χ4n) is 3.75. The Hall–Kier alpha value is -2.37. The number of hydrogen-bond acceptors (Lipinski definition) is 3. The van der Waals surface area contributed by atoms with E-state index in [9.17, 15) is 14.4 Å². The van der Waals surface area contributed by atoms with Gasteiger partial charge in [0.2, 0.25) is 5.91 Å². The molecule has 2 atom stereocenters. The first-order chi connectivity index (χ1) is 13.3. The minimum absolute atomic E-state index is 0.0153. The monoisotopic (exact) mass is 387 g/mol. The number of hydrogen-bond donors (Lipinski definition) is 2. The molecule has 2 N–H and O–H groups in total. The van der Waals surface area contributed by atoms with Gasteiger partial charge in [0.1, 0.15) is 12.1 Å². The van der Waals surface area contributed by atoms with Gasteiger partial charge in [0.05, 0.1) is 0 Å². The van der Waals surface area contributed by atoms with Crippen LogP contribution in [0.2, 0.25) is 0 Å². The molecule has 0 aromatic heterocycles. The van der Waals surface area contributed by atoms with Crippen molar-refractivity contribution < 1.29 is 14.4 Å². The average Bonchev–Trinajstić information content (AvgIpc) is 2.87. The minimum atomic E-state index is -1.09. The van der Waals surface area contributed by atoms with Gasteiger partial charge in [-0.2, -0.15) is 0 Å². The van der Waals surface area contributed by atoms with Crippen LogP contribution in [0.25, 0.3) is 0 Å². The Labute approximate surface area is 168 Å². The molecule has 1 aliphatic heterocycles. The summed E-state index contributed by atoms with van der Waals surface area (Å²) in [4.78, 5) is 39.1. The van der Waals surface area contributed by atoms with Gasteiger partial charge >= 0.3 is 6.03 Å². The van der Waals surface area contributed by atoms with E-state index in [1.54, 1.807) is 0 Å². The molecule has 1 aliphatic rings. The summed E-state index contributed by atoms with van der Waals surface area (Å²) >= 11 is 0. The van der Waals surface area contributed by atoms with E-state index < -0.39 is 11.6 Å². The number of amides is 4. The van der Waals surface area contributed by atoms with Crippen molar-refractivity contribution in [3.8, 4) is 0 Å². The highest BCUT2D eigenvalue weighted by molar-refractivity contribution is 6.09. The number of nitrogens with zero attached hydrogens (tertiary/aromatic N) is 1. The molecular formula is C22H33N3O3. The van der Waals surface area contributed by atoms with Crippen molar-refractivity contribution in [1.29, 1.82) is 0 Å². The molecule has 154 valence electrons. The lowest BCUT2D eigenvalue weighted by Gasteiger charge is -2.27. The number of imide groups is 1. The van der Waals surface area contributed by atoms with Crippen molar-refractivity contribution in [3.05, 3.63) is 35.9 Å². The van der Waals surface area contributed by atoms with Gasteiger partial charge in [-0.15, -0.1) is 0 Å². The molecule has 6 heteroatoms. The number of rotatable bonds is 10. The van der Waals surface area contributed by atoms with E-state index in [-0.39, 0.29) is 24.4 Å². The van der Waals surface area contributed by atoms with Gasteiger partial charge < -0.3 is 10.6 Å². The Kier molecular flexibility index (Phi) is 7.61. The van der Waals surface area contributed by atoms with Crippen LogP contribution < -0.4 is 10.6 Å². The van der Waals surface area contributed by atoms with Crippen LogP contribution in [0.3, 0.4) is 0 Å². The molecule has 0 saturated carbocycles. The number of benzene rings is 1. The highest BCUT2D eigenvalue weighted by atomic mass is 16.2. The fourth-order valence-corrected chi connectivity index (χ4v) is 3.75. The smallest absolute Gasteiger partial charge is 0.325 e. The van der Waals surface area contributed by atoms with E-state index in [1.165, 1.54) is 0 Å². The van der Waals surface area contributed by atoms with Crippen molar-refractivity contribution in [3.63, 3.8) is 0 Å². The van der Waals surface area contributed by atoms with E-state index >= 15 is 0 Å². The Morgan fingerprint density at radius 3 is 2.43 bits per heavy atom. The maximum atomic E-state index is 13.2. The van der Waals surface area contributed by atoms with Crippen LogP contribution in [0.15, 0.2) is 30.3 Å². The SMILES string of the molecule is CCC[C@@]1(c2ccccc2)NC(=O)N(CC(=O)N[C@@H](C)CCCC(C)C)C1=O. The predicted molar refractivity (Wildman–Crippen MR) is 110 cm³/mol. The molecule has 0 bridgehead atoms. The van der Waals surface area contributed by atoms with E-state index in [0.29, 0.717) is 12.3 Å². The second-order valence-electron chi connectivity index (χ2n) is 8.14. The van der Waals surface area contributed by atoms with E-state index in [1.807, 2.05) is 44.2 Å². The maximum Gasteiger partial charge on any atom is 0.325 e. The summed E-state index contributed by atoms with van der Waals surface area (Å²) in [6, 6.07) is 8.76. The summed E-state index contributed by atoms with van der Waals surface area (Å²) in [5, 5.41) is 5.76. The predicted octanol–water partition coefficient (Wildman–Crippen LogP) is 3.56. The fraction of sp³-hybridized carbons (Fsp3) is 0.591. The van der Waals surface area contributed by atoms with Crippen LogP contribution in [-0.4, -0.2) is 35.3 Å². The van der Waals surface area contributed by atoms with Gasteiger partial charge in [-0.05, 0) is 31.2 Å². The zero-order valence-electron chi connectivity index (χ0n) is 17.5. The number of nitrogens with one attached hydrogen (secondary N) is 2. The van der Waals surface area contributed by atoms with E-state index in [0.717, 1.165) is 36.1 Å². The quantitative estimate of drug-likeness (QED) is 0.603. The first-order valence-electron chi connectivity index (χ1n) is 10.3. The molecule has 0 aliphatic carbocycles. The van der Waals surface area contributed by atoms with Crippen molar-refractivity contribution >= 4 is 17.8 Å². The number of urea groups is 1. The Morgan fingerprint density at radius 2 is 1.82 bits per heavy atom. The van der Waals surface area contributed by atoms with Gasteiger partial charge in [0.15, 0.2) is 0 Å². The number of carbonyl (C=O) groups excluding carboxylic acids is 3. The average molecular weight is 388 g/mol. The molecule has 1 aromatic rings. The molecule has 4 amide bonds. The third-order valence-corrected chi connectivity index (χ3v) is 5.20. The largest absolute Gasteiger partial charge is 0.352 e. The van der Waals surface area contributed by atoms with Crippen LogP contribution >= 0.6 is 0 Å². The van der Waals surface area contributed by atoms with Crippen LogP contribution in [0.4, 0.5) is 4.79 Å². The second kappa shape index (κ2) is 9.71. The Balaban J connectivity index is 2.03. The van der Waals surface area contributed by atoms with Gasteiger partial charge in [-0.3, -0.25) is 14.5 Å². The van der Waals surface area contributed by atoms with Gasteiger partial charge in [-0.25, -0.2) is 4.79 Å². The molecule has 1 fully saturated rings. The molecule has 0 radical (unpaired) electrons. The molecule has 1 aromatic carbocycles. The molecule has 2 rings (SSSR count). The van der Waals surface area contributed by atoms with Crippen LogP contribution in [0, 0.1) is 5.92 Å². The Morgan fingerprint density at radius 1 is 1.14 bits per heavy atom. The molecule has 1 saturated heterocycles. The summed E-state index contributed by atoms with van der Waals surface area (Å²) in [6.45, 7) is 8.03. The highest BCUT2D eigenvalue weighted by Gasteiger charge is 2.52. The zero-order valence-corrected chi connectivity index (χ0v) is 17.5. The second-order valence-corrected chi connectivity index (χ2v) is 8.14. The van der Waals surface area contributed by atoms with E-state index in [4.69, 9.17) is 0 Å². The summed E-state index contributed by atoms with van der Waals surface area (Å²) in [5.41, 5.74) is -0.337. The number of carbonyl (C=O) groups is 3. The molecule has 6 nitrogen and oxygen atoms in total. The summed E-state index contributed by atoms with van der Waals surface area (Å²) < 4.78 is 0. The molecule has 28 heavy (non-hydrogen) atoms. The zero-order chi connectivity index (χ0) is 20.7. The first kappa shape index (κ1) is 21.9. The van der Waals surface area contributed by atoms with E-state index in [2.05, 4.69) is 24.5 Å². The standard InChI is InChI=1S/C22H33N3O3/c1-5-14-22(18-12-7-6-8-13-18)20(27)25(21(28)24-22)15-19(26)23-17(4)11-9-10-16(2)3/h6-8,12-13,16-17H,5,9-11,14-15H2,1-4H3,(H,23,26)(H,24,28)/t17-,22-/m0/s1.